The van der Waals surface area contributed by atoms with Crippen LogP contribution in [-0.4, -0.2) is 23.7 Å². The second-order valence-corrected chi connectivity index (χ2v) is 4.08. The summed E-state index contributed by atoms with van der Waals surface area (Å²) in [6.45, 7) is 2.46. The van der Waals surface area contributed by atoms with Crippen molar-refractivity contribution in [1.82, 2.24) is 0 Å². The molecule has 3 heteroatoms. The van der Waals surface area contributed by atoms with Crippen LogP contribution in [0.15, 0.2) is 24.3 Å². The molecule has 0 aliphatic carbocycles. The van der Waals surface area contributed by atoms with Gasteiger partial charge in [0.2, 0.25) is 0 Å². The molecule has 0 aromatic heterocycles. The van der Waals surface area contributed by atoms with E-state index in [0.29, 0.717) is 6.61 Å². The lowest BCUT2D eigenvalue weighted by atomic mass is 10.1. The number of aliphatic hydroxyl groups is 1. The Bertz CT molecular complexity index is 274. The van der Waals surface area contributed by atoms with Gasteiger partial charge in [-0.05, 0) is 30.9 Å². The minimum absolute atomic E-state index is 0.431. The summed E-state index contributed by atoms with van der Waals surface area (Å²) in [6, 6.07) is 7.58. The highest BCUT2D eigenvalue weighted by molar-refractivity contribution is 7.98. The summed E-state index contributed by atoms with van der Waals surface area (Å²) in [5.41, 5.74) is 0.895. The molecule has 0 aliphatic rings. The maximum atomic E-state index is 9.36. The van der Waals surface area contributed by atoms with Crippen molar-refractivity contribution in [2.24, 2.45) is 0 Å². The normalized spacial score (nSPS) is 12.5. The van der Waals surface area contributed by atoms with Gasteiger partial charge in [0.1, 0.15) is 5.75 Å². The Hall–Kier alpha value is -0.670. The molecule has 0 unspecified atom stereocenters. The Morgan fingerprint density at radius 1 is 1.50 bits per heavy atom. The van der Waals surface area contributed by atoms with E-state index in [4.69, 9.17) is 4.74 Å². The van der Waals surface area contributed by atoms with E-state index in [-0.39, 0.29) is 0 Å². The molecule has 0 radical (unpaired) electrons. The average Bonchev–Trinajstić information content (AvgIpc) is 2.19. The molecule has 1 atom stereocenters. The molecule has 1 aromatic carbocycles. The van der Waals surface area contributed by atoms with Crippen LogP contribution in [0.2, 0.25) is 0 Å². The highest BCUT2D eigenvalue weighted by Crippen LogP contribution is 2.18. The Labute approximate surface area is 89.3 Å². The predicted octanol–water partition coefficient (Wildman–Crippen LogP) is 2.48. The predicted molar refractivity (Wildman–Crippen MR) is 61.0 cm³/mol. The molecule has 0 saturated carbocycles. The molecule has 1 N–H and O–H groups in total. The van der Waals surface area contributed by atoms with E-state index in [1.807, 2.05) is 24.3 Å². The summed E-state index contributed by atoms with van der Waals surface area (Å²) in [7, 11) is 0. The van der Waals surface area contributed by atoms with E-state index in [2.05, 4.69) is 6.26 Å². The van der Waals surface area contributed by atoms with E-state index in [9.17, 15) is 5.11 Å². The Morgan fingerprint density at radius 3 is 2.93 bits per heavy atom. The van der Waals surface area contributed by atoms with Crippen LogP contribution in [0, 0.1) is 0 Å². The van der Waals surface area contributed by atoms with Gasteiger partial charge in [-0.1, -0.05) is 12.1 Å². The topological polar surface area (TPSA) is 29.5 Å². The lowest BCUT2D eigenvalue weighted by Gasteiger charge is -2.08. The van der Waals surface area contributed by atoms with Crippen molar-refractivity contribution < 1.29 is 9.84 Å². The van der Waals surface area contributed by atoms with Crippen molar-refractivity contribution in [3.8, 4) is 5.75 Å². The zero-order valence-corrected chi connectivity index (χ0v) is 9.38. The van der Waals surface area contributed by atoms with E-state index in [0.717, 1.165) is 17.1 Å². The smallest absolute Gasteiger partial charge is 0.119 e. The number of thioether (sulfide) groups is 1. The molecule has 1 aromatic rings. The van der Waals surface area contributed by atoms with Crippen LogP contribution >= 0.6 is 11.8 Å². The number of aliphatic hydroxyl groups excluding tert-OH is 1. The van der Waals surface area contributed by atoms with Gasteiger partial charge in [0.25, 0.3) is 0 Å². The molecule has 78 valence electrons. The third kappa shape index (κ3) is 3.60. The summed E-state index contributed by atoms with van der Waals surface area (Å²) >= 11 is 1.76. The second-order valence-electron chi connectivity index (χ2n) is 3.09. The van der Waals surface area contributed by atoms with Crippen molar-refractivity contribution in [3.05, 3.63) is 29.8 Å². The highest BCUT2D eigenvalue weighted by Gasteiger charge is 2.01. The third-order valence-electron chi connectivity index (χ3n) is 1.90. The number of hydrogen-bond donors (Lipinski definition) is 1. The third-order valence-corrected chi connectivity index (χ3v) is 2.47. The lowest BCUT2D eigenvalue weighted by molar-refractivity contribution is 0.198. The van der Waals surface area contributed by atoms with Gasteiger partial charge in [-0.2, -0.15) is 11.8 Å². The maximum Gasteiger partial charge on any atom is 0.119 e. The number of hydrogen-bond acceptors (Lipinski definition) is 3. The first-order valence-corrected chi connectivity index (χ1v) is 6.03. The van der Waals surface area contributed by atoms with Gasteiger partial charge in [0, 0.05) is 5.75 Å². The van der Waals surface area contributed by atoms with Crippen LogP contribution in [0.5, 0.6) is 5.75 Å². The van der Waals surface area contributed by atoms with E-state index in [1.165, 1.54) is 0 Å². The van der Waals surface area contributed by atoms with Gasteiger partial charge in [0.15, 0.2) is 0 Å². The van der Waals surface area contributed by atoms with Crippen LogP contribution in [0.25, 0.3) is 0 Å². The molecule has 0 saturated heterocycles. The van der Waals surface area contributed by atoms with Crippen molar-refractivity contribution in [3.63, 3.8) is 0 Å². The summed E-state index contributed by atoms with van der Waals surface area (Å²) < 4.78 is 5.51. The Morgan fingerprint density at radius 2 is 2.29 bits per heavy atom. The SMILES string of the molecule is CSCCOc1cccc([C@H](C)O)c1. The summed E-state index contributed by atoms with van der Waals surface area (Å²) in [5, 5.41) is 9.36. The molecule has 2 nitrogen and oxygen atoms in total. The van der Waals surface area contributed by atoms with Gasteiger partial charge in [0.05, 0.1) is 12.7 Å². The molecular weight excluding hydrogens is 196 g/mol. The molecular formula is C11H16O2S. The molecule has 0 fully saturated rings. The molecule has 0 aliphatic heterocycles. The highest BCUT2D eigenvalue weighted by atomic mass is 32.2. The van der Waals surface area contributed by atoms with Gasteiger partial charge >= 0.3 is 0 Å². The van der Waals surface area contributed by atoms with Gasteiger partial charge in [-0.3, -0.25) is 0 Å². The van der Waals surface area contributed by atoms with Gasteiger partial charge in [-0.15, -0.1) is 0 Å². The van der Waals surface area contributed by atoms with Crippen LogP contribution in [-0.2, 0) is 0 Å². The maximum absolute atomic E-state index is 9.36. The molecule has 14 heavy (non-hydrogen) atoms. The first kappa shape index (κ1) is 11.4. The fraction of sp³-hybridized carbons (Fsp3) is 0.455. The van der Waals surface area contributed by atoms with E-state index >= 15 is 0 Å². The summed E-state index contributed by atoms with van der Waals surface area (Å²) in [6.07, 6.45) is 1.62. The minimum Gasteiger partial charge on any atom is -0.493 e. The molecule has 1 rings (SSSR count). The molecule has 0 amide bonds. The van der Waals surface area contributed by atoms with E-state index < -0.39 is 6.10 Å². The molecule has 0 heterocycles. The van der Waals surface area contributed by atoms with Crippen molar-refractivity contribution >= 4 is 11.8 Å². The van der Waals surface area contributed by atoms with Crippen LogP contribution in [0.4, 0.5) is 0 Å². The fourth-order valence-corrected chi connectivity index (χ4v) is 1.36. The largest absolute Gasteiger partial charge is 0.493 e. The monoisotopic (exact) mass is 212 g/mol. The zero-order valence-electron chi connectivity index (χ0n) is 8.56. The standard InChI is InChI=1S/C11H16O2S/c1-9(12)10-4-3-5-11(8-10)13-6-7-14-2/h3-5,8-9,12H,6-7H2,1-2H3/t9-/m0/s1. The number of rotatable bonds is 5. The zero-order chi connectivity index (χ0) is 10.4. The summed E-state index contributed by atoms with van der Waals surface area (Å²) in [5.74, 6) is 1.82. The average molecular weight is 212 g/mol. The van der Waals surface area contributed by atoms with Crippen molar-refractivity contribution in [1.29, 1.82) is 0 Å². The Kier molecular flexibility index (Phi) is 4.84. The number of ether oxygens (including phenoxy) is 1. The van der Waals surface area contributed by atoms with Crippen molar-refractivity contribution in [2.75, 3.05) is 18.6 Å². The lowest BCUT2D eigenvalue weighted by Crippen LogP contribution is -2.00. The first-order chi connectivity index (χ1) is 6.74. The van der Waals surface area contributed by atoms with Crippen LogP contribution in [0.3, 0.4) is 0 Å². The summed E-state index contributed by atoms with van der Waals surface area (Å²) in [4.78, 5) is 0. The first-order valence-electron chi connectivity index (χ1n) is 4.64. The van der Waals surface area contributed by atoms with E-state index in [1.54, 1.807) is 18.7 Å². The second kappa shape index (κ2) is 5.94. The number of benzene rings is 1. The fourth-order valence-electron chi connectivity index (χ4n) is 1.11. The van der Waals surface area contributed by atoms with Gasteiger partial charge in [-0.25, -0.2) is 0 Å². The van der Waals surface area contributed by atoms with Crippen LogP contribution < -0.4 is 4.74 Å². The van der Waals surface area contributed by atoms with Crippen LogP contribution in [0.1, 0.15) is 18.6 Å². The molecule has 0 bridgehead atoms. The molecule has 0 spiro atoms. The minimum atomic E-state index is -0.431. The van der Waals surface area contributed by atoms with Crippen molar-refractivity contribution in [2.45, 2.75) is 13.0 Å². The van der Waals surface area contributed by atoms with Gasteiger partial charge < -0.3 is 9.84 Å². The Balaban J connectivity index is 2.55. The quantitative estimate of drug-likeness (QED) is 0.760.